The Morgan fingerprint density at radius 1 is 1.24 bits per heavy atom. The van der Waals surface area contributed by atoms with Crippen LogP contribution in [0.15, 0.2) is 18.2 Å². The summed E-state index contributed by atoms with van der Waals surface area (Å²) >= 11 is 6.47. The van der Waals surface area contributed by atoms with Crippen molar-refractivity contribution in [1.82, 2.24) is 9.80 Å². The third-order valence-electron chi connectivity index (χ3n) is 5.50. The van der Waals surface area contributed by atoms with E-state index >= 15 is 0 Å². The topological polar surface area (TPSA) is 59.8 Å². The highest BCUT2D eigenvalue weighted by molar-refractivity contribution is 6.33. The van der Waals surface area contributed by atoms with E-state index in [1.165, 1.54) is 0 Å². The van der Waals surface area contributed by atoms with Crippen molar-refractivity contribution < 1.29 is 9.53 Å². The number of hydrogen-bond acceptors (Lipinski definition) is 5. The summed E-state index contributed by atoms with van der Waals surface area (Å²) in [4.78, 5) is 18.8. The molecular weight excluding hydrogens is 340 g/mol. The minimum absolute atomic E-state index is 0.0164. The molecule has 0 N–H and O–H groups in total. The van der Waals surface area contributed by atoms with Gasteiger partial charge in [-0.3, -0.25) is 4.79 Å². The highest BCUT2D eigenvalue weighted by atomic mass is 35.5. The number of likely N-dealkylation sites (tertiary alicyclic amines) is 2. The van der Waals surface area contributed by atoms with Gasteiger partial charge in [0.25, 0.3) is 5.91 Å². The van der Waals surface area contributed by atoms with Gasteiger partial charge in [-0.05, 0) is 24.6 Å². The third kappa shape index (κ3) is 3.03. The van der Waals surface area contributed by atoms with Crippen molar-refractivity contribution in [2.24, 2.45) is 5.92 Å². The number of amides is 1. The van der Waals surface area contributed by atoms with Crippen LogP contribution < -0.4 is 4.90 Å². The quantitative estimate of drug-likeness (QED) is 0.753. The summed E-state index contributed by atoms with van der Waals surface area (Å²) in [6.45, 7) is 5.19. The predicted octanol–water partition coefficient (Wildman–Crippen LogP) is 1.80. The first-order chi connectivity index (χ1) is 12.2. The highest BCUT2D eigenvalue weighted by Gasteiger charge is 2.43. The number of morpholine rings is 1. The zero-order valence-electron chi connectivity index (χ0n) is 14.0. The fourth-order valence-corrected chi connectivity index (χ4v) is 4.46. The lowest BCUT2D eigenvalue weighted by molar-refractivity contribution is 0.0731. The Morgan fingerprint density at radius 2 is 2.04 bits per heavy atom. The van der Waals surface area contributed by atoms with Crippen molar-refractivity contribution in [1.29, 1.82) is 5.26 Å². The van der Waals surface area contributed by atoms with Crippen molar-refractivity contribution in [2.45, 2.75) is 12.5 Å². The van der Waals surface area contributed by atoms with Crippen LogP contribution in [0.3, 0.4) is 0 Å². The molecule has 3 heterocycles. The molecular formula is C18H21ClN4O2. The molecule has 0 spiro atoms. The van der Waals surface area contributed by atoms with Crippen LogP contribution in [0.25, 0.3) is 0 Å². The number of nitriles is 1. The number of benzene rings is 1. The summed E-state index contributed by atoms with van der Waals surface area (Å²) in [7, 11) is 0. The molecule has 0 bridgehead atoms. The third-order valence-corrected chi connectivity index (χ3v) is 5.80. The first kappa shape index (κ1) is 16.5. The van der Waals surface area contributed by atoms with Crippen LogP contribution in [0.4, 0.5) is 5.69 Å². The van der Waals surface area contributed by atoms with Crippen LogP contribution in [0.1, 0.15) is 16.8 Å². The molecule has 6 nitrogen and oxygen atoms in total. The van der Waals surface area contributed by atoms with Crippen molar-refractivity contribution in [3.63, 3.8) is 0 Å². The fraction of sp³-hybridized carbons (Fsp3) is 0.556. The summed E-state index contributed by atoms with van der Waals surface area (Å²) in [5.74, 6) is 0.425. The minimum atomic E-state index is 0.0164. The molecule has 1 amide bonds. The van der Waals surface area contributed by atoms with Crippen LogP contribution in [0.5, 0.6) is 0 Å². The zero-order valence-corrected chi connectivity index (χ0v) is 14.8. The molecule has 0 unspecified atom stereocenters. The van der Waals surface area contributed by atoms with E-state index < -0.39 is 0 Å². The largest absolute Gasteiger partial charge is 0.378 e. The van der Waals surface area contributed by atoms with Crippen LogP contribution in [-0.2, 0) is 4.74 Å². The normalized spacial score (nSPS) is 25.8. The summed E-state index contributed by atoms with van der Waals surface area (Å²) < 4.78 is 5.38. The molecule has 1 aromatic carbocycles. The van der Waals surface area contributed by atoms with Gasteiger partial charge in [-0.15, -0.1) is 0 Å². The van der Waals surface area contributed by atoms with Crippen LogP contribution in [0, 0.1) is 17.4 Å². The van der Waals surface area contributed by atoms with Gasteiger partial charge in [0.15, 0.2) is 6.19 Å². The lowest BCUT2D eigenvalue weighted by Gasteiger charge is -2.30. The fourth-order valence-electron chi connectivity index (χ4n) is 4.16. The van der Waals surface area contributed by atoms with Crippen LogP contribution >= 0.6 is 11.6 Å². The Bertz CT molecular complexity index is 714. The number of nitrogens with zero attached hydrogens (tertiary/aromatic N) is 4. The highest BCUT2D eigenvalue weighted by Crippen LogP contribution is 2.33. The lowest BCUT2D eigenvalue weighted by atomic mass is 10.0. The monoisotopic (exact) mass is 360 g/mol. The van der Waals surface area contributed by atoms with Gasteiger partial charge in [0, 0.05) is 44.2 Å². The number of anilines is 1. The van der Waals surface area contributed by atoms with Gasteiger partial charge in [0.2, 0.25) is 0 Å². The molecule has 0 saturated carbocycles. The van der Waals surface area contributed by atoms with Gasteiger partial charge in [-0.1, -0.05) is 11.6 Å². The molecule has 25 heavy (non-hydrogen) atoms. The number of hydrogen-bond donors (Lipinski definition) is 0. The van der Waals surface area contributed by atoms with E-state index in [-0.39, 0.29) is 11.9 Å². The van der Waals surface area contributed by atoms with Gasteiger partial charge >= 0.3 is 0 Å². The average Bonchev–Trinajstić information content (AvgIpc) is 3.22. The summed E-state index contributed by atoms with van der Waals surface area (Å²) in [6, 6.07) is 5.72. The number of ether oxygens (including phenoxy) is 1. The molecule has 0 aromatic heterocycles. The second-order valence-corrected chi connectivity index (χ2v) is 7.29. The molecule has 1 aromatic rings. The van der Waals surface area contributed by atoms with Crippen molar-refractivity contribution in [2.75, 3.05) is 50.8 Å². The molecule has 3 fully saturated rings. The molecule has 7 heteroatoms. The Labute approximate surface area is 152 Å². The van der Waals surface area contributed by atoms with Crippen LogP contribution in [-0.4, -0.2) is 67.7 Å². The molecule has 3 saturated heterocycles. The Balaban J connectivity index is 1.51. The predicted molar refractivity (Wildman–Crippen MR) is 94.6 cm³/mol. The van der Waals surface area contributed by atoms with E-state index in [9.17, 15) is 4.79 Å². The average molecular weight is 361 g/mol. The molecule has 3 aliphatic rings. The second-order valence-electron chi connectivity index (χ2n) is 6.89. The standard InChI is InChI=1S/C18H21ClN4O2/c19-15-9-13(1-2-16(15)22-5-7-25-8-6-22)18(24)23-4-3-14-10-21(12-20)11-17(14)23/h1-2,9,14,17H,3-8,10-11H2/t14-,17+/m1/s1. The summed E-state index contributed by atoms with van der Waals surface area (Å²) in [6.07, 6.45) is 3.17. The van der Waals surface area contributed by atoms with Crippen molar-refractivity contribution in [3.8, 4) is 6.19 Å². The first-order valence-corrected chi connectivity index (χ1v) is 9.13. The number of carbonyl (C=O) groups is 1. The Morgan fingerprint density at radius 3 is 2.76 bits per heavy atom. The molecule has 3 aliphatic heterocycles. The SMILES string of the molecule is N#CN1C[C@H]2CCN(C(=O)c3ccc(N4CCOCC4)c(Cl)c3)[C@H]2C1. The second kappa shape index (κ2) is 6.74. The number of rotatable bonds is 2. The zero-order chi connectivity index (χ0) is 17.4. The van der Waals surface area contributed by atoms with Gasteiger partial charge in [-0.2, -0.15) is 5.26 Å². The van der Waals surface area contributed by atoms with E-state index in [0.29, 0.717) is 36.3 Å². The lowest BCUT2D eigenvalue weighted by Crippen LogP contribution is -2.39. The van der Waals surface area contributed by atoms with Gasteiger partial charge in [0.05, 0.1) is 30.0 Å². The van der Waals surface area contributed by atoms with E-state index in [4.69, 9.17) is 21.6 Å². The summed E-state index contributed by atoms with van der Waals surface area (Å²) in [5, 5.41) is 9.70. The van der Waals surface area contributed by atoms with Gasteiger partial charge < -0.3 is 19.4 Å². The summed E-state index contributed by atoms with van der Waals surface area (Å²) in [5.41, 5.74) is 1.58. The molecule has 4 rings (SSSR count). The Hall–Kier alpha value is -1.97. The van der Waals surface area contributed by atoms with E-state index in [1.54, 1.807) is 11.0 Å². The molecule has 0 aliphatic carbocycles. The number of halogens is 1. The van der Waals surface area contributed by atoms with E-state index in [0.717, 1.165) is 38.3 Å². The van der Waals surface area contributed by atoms with Crippen molar-refractivity contribution in [3.05, 3.63) is 28.8 Å². The minimum Gasteiger partial charge on any atom is -0.378 e. The maximum absolute atomic E-state index is 13.0. The smallest absolute Gasteiger partial charge is 0.254 e. The molecule has 0 radical (unpaired) electrons. The molecule has 132 valence electrons. The van der Waals surface area contributed by atoms with E-state index in [1.807, 2.05) is 17.0 Å². The van der Waals surface area contributed by atoms with Gasteiger partial charge in [-0.25, -0.2) is 0 Å². The number of carbonyl (C=O) groups excluding carboxylic acids is 1. The Kier molecular flexibility index (Phi) is 4.45. The van der Waals surface area contributed by atoms with Crippen LogP contribution in [0.2, 0.25) is 5.02 Å². The maximum atomic E-state index is 13.0. The van der Waals surface area contributed by atoms with Crippen molar-refractivity contribution >= 4 is 23.2 Å². The number of fused-ring (bicyclic) bond motifs is 1. The van der Waals surface area contributed by atoms with E-state index in [2.05, 4.69) is 11.1 Å². The molecule has 2 atom stereocenters. The van der Waals surface area contributed by atoms with Gasteiger partial charge in [0.1, 0.15) is 0 Å². The first-order valence-electron chi connectivity index (χ1n) is 8.75. The maximum Gasteiger partial charge on any atom is 0.254 e.